The van der Waals surface area contributed by atoms with Crippen LogP contribution in [0.25, 0.3) is 0 Å². The molecule has 0 fully saturated rings. The molecule has 0 heterocycles. The van der Waals surface area contributed by atoms with Crippen LogP contribution in [0.3, 0.4) is 0 Å². The lowest BCUT2D eigenvalue weighted by atomic mass is 9.97. The third kappa shape index (κ3) is 4.93. The molecule has 0 radical (unpaired) electrons. The lowest BCUT2D eigenvalue weighted by Gasteiger charge is -2.31. The Morgan fingerprint density at radius 2 is 1.78 bits per heavy atom. The Balaban J connectivity index is 5.16. The molecule has 3 atom stereocenters. The van der Waals surface area contributed by atoms with Gasteiger partial charge in [0.15, 0.2) is 0 Å². The molecule has 108 valence electrons. The zero-order valence-electron chi connectivity index (χ0n) is 10.6. The molecule has 1 N–H and O–H groups in total. The average Bonchev–Trinajstić information content (AvgIpc) is 2.13. The number of hydrogen-bond donors (Lipinski definition) is 1. The van der Waals surface area contributed by atoms with Gasteiger partial charge in [-0.1, -0.05) is 6.92 Å². The van der Waals surface area contributed by atoms with Crippen molar-refractivity contribution < 1.29 is 27.3 Å². The lowest BCUT2D eigenvalue weighted by molar-refractivity contribution is -0.316. The minimum Gasteiger partial charge on any atom is -0.550 e. The summed E-state index contributed by atoms with van der Waals surface area (Å²) in [5, 5.41) is 10.7. The first-order valence-electron chi connectivity index (χ1n) is 5.36. The average molecular weight is 288 g/mol. The summed E-state index contributed by atoms with van der Waals surface area (Å²) < 4.78 is 50.9. The molecule has 0 spiro atoms. The van der Waals surface area contributed by atoms with Crippen molar-refractivity contribution in [1.29, 1.82) is 0 Å². The van der Waals surface area contributed by atoms with Gasteiger partial charge in [-0.3, -0.25) is 0 Å². The standard InChI is InChI=1S/C10H18F3NO3S/c1-5-6(8(15)16)7(10(11,12)13)14-18(17)9(2,3)4/h6-7,14H,5H2,1-4H3,(H,15,16)/p-1/t6-,7-,18-/m1/s1. The first kappa shape index (κ1) is 17.4. The minimum atomic E-state index is -4.80. The van der Waals surface area contributed by atoms with E-state index in [0.717, 1.165) is 0 Å². The molecule has 0 unspecified atom stereocenters. The molecular weight excluding hydrogens is 271 g/mol. The minimum absolute atomic E-state index is 0.263. The Hall–Kier alpha value is -0.630. The summed E-state index contributed by atoms with van der Waals surface area (Å²) in [4.78, 5) is 10.7. The van der Waals surface area contributed by atoms with Crippen molar-refractivity contribution in [2.24, 2.45) is 5.92 Å². The van der Waals surface area contributed by atoms with Gasteiger partial charge in [0.25, 0.3) is 0 Å². The van der Waals surface area contributed by atoms with Gasteiger partial charge >= 0.3 is 6.18 Å². The number of carbonyl (C=O) groups is 1. The van der Waals surface area contributed by atoms with Crippen LogP contribution in [0.15, 0.2) is 0 Å². The van der Waals surface area contributed by atoms with Gasteiger partial charge in [0, 0.05) is 11.9 Å². The van der Waals surface area contributed by atoms with E-state index in [-0.39, 0.29) is 6.42 Å². The van der Waals surface area contributed by atoms with Crippen molar-refractivity contribution in [2.45, 2.75) is 51.1 Å². The molecular formula is C10H17F3NO3S-. The van der Waals surface area contributed by atoms with E-state index in [9.17, 15) is 27.3 Å². The summed E-state index contributed by atoms with van der Waals surface area (Å²) in [5.74, 6) is -3.57. The second kappa shape index (κ2) is 6.01. The summed E-state index contributed by atoms with van der Waals surface area (Å²) in [6.07, 6.45) is -5.07. The number of halogens is 3. The molecule has 0 aliphatic carbocycles. The highest BCUT2D eigenvalue weighted by Crippen LogP contribution is 2.28. The van der Waals surface area contributed by atoms with Crippen LogP contribution in [0.5, 0.6) is 0 Å². The predicted molar refractivity (Wildman–Crippen MR) is 59.7 cm³/mol. The second-order valence-electron chi connectivity index (χ2n) is 4.85. The third-order valence-electron chi connectivity index (χ3n) is 2.29. The van der Waals surface area contributed by atoms with Gasteiger partial charge < -0.3 is 9.90 Å². The van der Waals surface area contributed by atoms with Crippen LogP contribution >= 0.6 is 0 Å². The van der Waals surface area contributed by atoms with Crippen molar-refractivity contribution in [2.75, 3.05) is 0 Å². The van der Waals surface area contributed by atoms with E-state index in [0.29, 0.717) is 0 Å². The van der Waals surface area contributed by atoms with E-state index in [1.54, 1.807) is 0 Å². The molecule has 0 aromatic carbocycles. The van der Waals surface area contributed by atoms with Gasteiger partial charge in [-0.05, 0) is 27.2 Å². The number of carbonyl (C=O) groups excluding carboxylic acids is 1. The van der Waals surface area contributed by atoms with Gasteiger partial charge in [-0.2, -0.15) is 13.2 Å². The fraction of sp³-hybridized carbons (Fsp3) is 0.900. The summed E-state index contributed by atoms with van der Waals surface area (Å²) in [6, 6.07) is -2.38. The quantitative estimate of drug-likeness (QED) is 0.811. The van der Waals surface area contributed by atoms with Gasteiger partial charge in [-0.25, -0.2) is 8.93 Å². The van der Waals surface area contributed by atoms with Crippen LogP contribution in [0.4, 0.5) is 13.2 Å². The molecule has 18 heavy (non-hydrogen) atoms. The Morgan fingerprint density at radius 1 is 1.33 bits per heavy atom. The number of alkyl halides is 3. The van der Waals surface area contributed by atoms with E-state index < -0.39 is 39.8 Å². The van der Waals surface area contributed by atoms with Gasteiger partial charge in [-0.15, -0.1) is 0 Å². The highest BCUT2D eigenvalue weighted by molar-refractivity contribution is 7.84. The molecule has 0 aliphatic rings. The van der Waals surface area contributed by atoms with Crippen molar-refractivity contribution >= 4 is 17.0 Å². The molecule has 0 aromatic rings. The van der Waals surface area contributed by atoms with Gasteiger partial charge in [0.05, 0.1) is 15.7 Å². The lowest BCUT2D eigenvalue weighted by Crippen LogP contribution is -2.55. The number of rotatable bonds is 5. The Morgan fingerprint density at radius 3 is 2.00 bits per heavy atom. The topological polar surface area (TPSA) is 69.2 Å². The Labute approximate surface area is 107 Å². The van der Waals surface area contributed by atoms with E-state index in [2.05, 4.69) is 0 Å². The van der Waals surface area contributed by atoms with Crippen LogP contribution in [0, 0.1) is 5.92 Å². The number of carboxylic acids is 1. The van der Waals surface area contributed by atoms with Gasteiger partial charge in [0.1, 0.15) is 6.04 Å². The maximum absolute atomic E-state index is 12.8. The molecule has 8 heteroatoms. The maximum Gasteiger partial charge on any atom is 0.405 e. The smallest absolute Gasteiger partial charge is 0.405 e. The van der Waals surface area contributed by atoms with Crippen molar-refractivity contribution in [3.05, 3.63) is 0 Å². The monoisotopic (exact) mass is 288 g/mol. The number of hydrogen-bond acceptors (Lipinski definition) is 3. The van der Waals surface area contributed by atoms with E-state index in [1.165, 1.54) is 27.7 Å². The molecule has 0 rings (SSSR count). The van der Waals surface area contributed by atoms with Crippen molar-refractivity contribution in [1.82, 2.24) is 4.72 Å². The number of carboxylic acid groups (broad SMARTS) is 1. The SMILES string of the molecule is CC[C@@H](C(=O)[O-])[C@@H](N[S@](=O)C(C)(C)C)C(F)(F)F. The van der Waals surface area contributed by atoms with E-state index in [4.69, 9.17) is 0 Å². The van der Waals surface area contributed by atoms with Crippen LogP contribution in [-0.4, -0.2) is 27.1 Å². The molecule has 0 amide bonds. The van der Waals surface area contributed by atoms with Gasteiger partial charge in [0.2, 0.25) is 0 Å². The summed E-state index contributed by atoms with van der Waals surface area (Å²) in [7, 11) is -2.01. The maximum atomic E-state index is 12.8. The Bertz CT molecular complexity index is 325. The predicted octanol–water partition coefficient (Wildman–Crippen LogP) is 0.745. The Kier molecular flexibility index (Phi) is 5.80. The van der Waals surface area contributed by atoms with Crippen molar-refractivity contribution in [3.8, 4) is 0 Å². The van der Waals surface area contributed by atoms with E-state index in [1.807, 2.05) is 4.72 Å². The zero-order valence-corrected chi connectivity index (χ0v) is 11.4. The normalized spacial score (nSPS) is 18.2. The van der Waals surface area contributed by atoms with Crippen LogP contribution in [-0.2, 0) is 15.8 Å². The van der Waals surface area contributed by atoms with Crippen LogP contribution in [0.2, 0.25) is 0 Å². The summed E-state index contributed by atoms with van der Waals surface area (Å²) in [6.45, 7) is 5.78. The van der Waals surface area contributed by atoms with Crippen molar-refractivity contribution in [3.63, 3.8) is 0 Å². The van der Waals surface area contributed by atoms with Crippen LogP contribution < -0.4 is 9.83 Å². The molecule has 0 aromatic heterocycles. The largest absolute Gasteiger partial charge is 0.550 e. The molecule has 4 nitrogen and oxygen atoms in total. The summed E-state index contributed by atoms with van der Waals surface area (Å²) in [5.41, 5.74) is 0. The zero-order chi connectivity index (χ0) is 14.7. The number of aliphatic carboxylic acids is 1. The molecule has 0 saturated carbocycles. The molecule has 0 saturated heterocycles. The second-order valence-corrected chi connectivity index (χ2v) is 6.85. The fourth-order valence-electron chi connectivity index (χ4n) is 1.21. The first-order valence-corrected chi connectivity index (χ1v) is 6.51. The third-order valence-corrected chi connectivity index (χ3v) is 3.87. The summed E-state index contributed by atoms with van der Waals surface area (Å²) >= 11 is 0. The fourth-order valence-corrected chi connectivity index (χ4v) is 2.09. The van der Waals surface area contributed by atoms with E-state index >= 15 is 0 Å². The first-order chi connectivity index (χ1) is 7.91. The highest BCUT2D eigenvalue weighted by Gasteiger charge is 2.46. The molecule has 0 aliphatic heterocycles. The molecule has 0 bridgehead atoms. The highest BCUT2D eigenvalue weighted by atomic mass is 32.2. The van der Waals surface area contributed by atoms with Crippen LogP contribution in [0.1, 0.15) is 34.1 Å². The number of nitrogens with one attached hydrogen (secondary N) is 1.